The molecule has 0 atom stereocenters. The zero-order valence-electron chi connectivity index (χ0n) is 17.1. The maximum Gasteiger partial charge on any atom is 0.283 e. The van der Waals surface area contributed by atoms with Crippen molar-refractivity contribution in [3.8, 4) is 5.13 Å². The monoisotopic (exact) mass is 423 g/mol. The molecule has 1 aromatic rings. The quantitative estimate of drug-likeness (QED) is 0.665. The minimum absolute atomic E-state index is 0.0271. The van der Waals surface area contributed by atoms with E-state index in [9.17, 15) is 9.59 Å². The maximum atomic E-state index is 12.5. The molecule has 0 aliphatic carbocycles. The standard InChI is InChI=1S/C22H25N5O2S/c1-14(2)16-8-6-15(7-9-16)12-17-20(23)27-22(24-21(17)29)30-18(25-27)13-19(28)26-10-4-3-5-11-26/h6-9,12-14,23,25H,3-5,10-11H2,1-2H3/b17-12+,18-13+,23-20?. The van der Waals surface area contributed by atoms with Gasteiger partial charge in [0.25, 0.3) is 5.56 Å². The molecule has 0 saturated carbocycles. The van der Waals surface area contributed by atoms with Crippen LogP contribution in [0.4, 0.5) is 0 Å². The number of H-pyrrole nitrogens is 1. The number of likely N-dealkylation sites (tertiary alicyclic amines) is 1. The predicted molar refractivity (Wildman–Crippen MR) is 117 cm³/mol. The van der Waals surface area contributed by atoms with Gasteiger partial charge in [-0.25, -0.2) is 4.68 Å². The van der Waals surface area contributed by atoms with Crippen LogP contribution < -0.4 is 20.9 Å². The number of benzene rings is 1. The number of aromatic amines is 1. The summed E-state index contributed by atoms with van der Waals surface area (Å²) in [6, 6.07) is 7.94. The van der Waals surface area contributed by atoms with Crippen molar-refractivity contribution in [1.82, 2.24) is 19.7 Å². The van der Waals surface area contributed by atoms with Crippen molar-refractivity contribution in [3.63, 3.8) is 0 Å². The van der Waals surface area contributed by atoms with E-state index in [1.54, 1.807) is 6.08 Å². The van der Waals surface area contributed by atoms with Gasteiger partial charge in [-0.1, -0.05) is 49.4 Å². The van der Waals surface area contributed by atoms with E-state index in [1.807, 2.05) is 29.2 Å². The summed E-state index contributed by atoms with van der Waals surface area (Å²) >= 11 is 1.20. The van der Waals surface area contributed by atoms with E-state index < -0.39 is 5.56 Å². The second-order valence-electron chi connectivity index (χ2n) is 7.87. The van der Waals surface area contributed by atoms with Gasteiger partial charge in [-0.2, -0.15) is 4.98 Å². The molecule has 0 unspecified atom stereocenters. The molecular weight excluding hydrogens is 398 g/mol. The minimum Gasteiger partial charge on any atom is -0.339 e. The Balaban J connectivity index is 1.74. The summed E-state index contributed by atoms with van der Waals surface area (Å²) in [5.74, 6) is 0.376. The highest BCUT2D eigenvalue weighted by molar-refractivity contribution is 7.11. The van der Waals surface area contributed by atoms with Gasteiger partial charge < -0.3 is 4.90 Å². The fraction of sp³-hybridized carbons (Fsp3) is 0.364. The Morgan fingerprint density at radius 1 is 1.20 bits per heavy atom. The Bertz CT molecular complexity index is 1260. The van der Waals surface area contributed by atoms with E-state index >= 15 is 0 Å². The third kappa shape index (κ3) is 4.14. The molecule has 4 rings (SSSR count). The van der Waals surface area contributed by atoms with Crippen molar-refractivity contribution >= 4 is 29.4 Å². The lowest BCUT2D eigenvalue weighted by atomic mass is 10.0. The Kier molecular flexibility index (Phi) is 5.67. The van der Waals surface area contributed by atoms with Crippen LogP contribution in [0.5, 0.6) is 0 Å². The lowest BCUT2D eigenvalue weighted by Gasteiger charge is -2.25. The molecule has 3 aliphatic heterocycles. The zero-order valence-corrected chi connectivity index (χ0v) is 18.0. The number of hydrogen-bond donors (Lipinski definition) is 2. The molecule has 0 spiro atoms. The zero-order chi connectivity index (χ0) is 21.3. The van der Waals surface area contributed by atoms with Gasteiger partial charge in [0, 0.05) is 19.2 Å². The van der Waals surface area contributed by atoms with Crippen LogP contribution in [-0.2, 0) is 4.79 Å². The normalized spacial score (nSPS) is 16.0. The molecule has 7 nitrogen and oxygen atoms in total. The van der Waals surface area contributed by atoms with Crippen molar-refractivity contribution in [2.24, 2.45) is 0 Å². The molecule has 156 valence electrons. The van der Waals surface area contributed by atoms with Gasteiger partial charge in [0.05, 0.1) is 5.22 Å². The van der Waals surface area contributed by atoms with E-state index in [1.165, 1.54) is 27.7 Å². The number of rotatable bonds is 3. The van der Waals surface area contributed by atoms with E-state index in [0.717, 1.165) is 37.9 Å². The Hall–Kier alpha value is -3.00. The van der Waals surface area contributed by atoms with Crippen molar-refractivity contribution in [2.45, 2.75) is 39.0 Å². The number of nitrogens with zero attached hydrogens (tertiary/aromatic N) is 3. The molecule has 8 heteroatoms. The van der Waals surface area contributed by atoms with Crippen LogP contribution in [0.2, 0.25) is 0 Å². The largest absolute Gasteiger partial charge is 0.339 e. The Morgan fingerprint density at radius 2 is 1.90 bits per heavy atom. The number of piperidine rings is 1. The summed E-state index contributed by atoms with van der Waals surface area (Å²) in [7, 11) is 0. The number of nitrogens with one attached hydrogen (secondary N) is 2. The van der Waals surface area contributed by atoms with Crippen LogP contribution in [0.3, 0.4) is 0 Å². The highest BCUT2D eigenvalue weighted by Crippen LogP contribution is 2.14. The fourth-order valence-corrected chi connectivity index (χ4v) is 4.42. The topological polar surface area (TPSA) is 94.8 Å². The predicted octanol–water partition coefficient (Wildman–Crippen LogP) is 1.28. The number of carbonyl (C=O) groups is 1. The van der Waals surface area contributed by atoms with Gasteiger partial charge in [-0.3, -0.25) is 20.1 Å². The molecule has 1 fully saturated rings. The molecule has 0 aromatic heterocycles. The number of aromatic nitrogens is 3. The summed E-state index contributed by atoms with van der Waals surface area (Å²) in [5.41, 5.74) is 1.64. The first-order valence-electron chi connectivity index (χ1n) is 10.2. The van der Waals surface area contributed by atoms with Crippen molar-refractivity contribution in [1.29, 1.82) is 5.41 Å². The van der Waals surface area contributed by atoms with Crippen LogP contribution >= 0.6 is 11.3 Å². The van der Waals surface area contributed by atoms with E-state index in [2.05, 4.69) is 23.9 Å². The SMILES string of the molecule is CC(C)c1ccc(/C=c2/c(=O)nc3s/c(=C/C(=O)N4CCCCC4)[nH]n-3c2=N)cc1. The molecule has 2 N–H and O–H groups in total. The Labute approximate surface area is 177 Å². The van der Waals surface area contributed by atoms with Crippen LogP contribution in [0.25, 0.3) is 17.3 Å². The van der Waals surface area contributed by atoms with Crippen LogP contribution in [0.1, 0.15) is 50.2 Å². The molecule has 30 heavy (non-hydrogen) atoms. The van der Waals surface area contributed by atoms with Gasteiger partial charge in [0.2, 0.25) is 11.0 Å². The van der Waals surface area contributed by atoms with Gasteiger partial charge in [-0.15, -0.1) is 0 Å². The highest BCUT2D eigenvalue weighted by Gasteiger charge is 2.15. The van der Waals surface area contributed by atoms with Crippen molar-refractivity contribution < 1.29 is 4.79 Å². The summed E-state index contributed by atoms with van der Waals surface area (Å²) < 4.78 is 2.03. The molecule has 0 bridgehead atoms. The van der Waals surface area contributed by atoms with Gasteiger partial charge >= 0.3 is 0 Å². The second-order valence-corrected chi connectivity index (χ2v) is 8.88. The van der Waals surface area contributed by atoms with Gasteiger partial charge in [-0.05, 0) is 42.4 Å². The number of carbonyl (C=O) groups excluding carboxylic acids is 1. The average Bonchev–Trinajstić information content (AvgIpc) is 3.14. The number of amides is 1. The summed E-state index contributed by atoms with van der Waals surface area (Å²) in [4.78, 5) is 31.0. The van der Waals surface area contributed by atoms with E-state index in [4.69, 9.17) is 5.41 Å². The van der Waals surface area contributed by atoms with Crippen LogP contribution in [0.15, 0.2) is 29.1 Å². The first-order valence-corrected chi connectivity index (χ1v) is 11.0. The summed E-state index contributed by atoms with van der Waals surface area (Å²) in [6.07, 6.45) is 6.43. The van der Waals surface area contributed by atoms with Crippen molar-refractivity contribution in [2.75, 3.05) is 13.1 Å². The third-order valence-corrected chi connectivity index (χ3v) is 6.24. The van der Waals surface area contributed by atoms with Crippen LogP contribution in [-0.4, -0.2) is 38.7 Å². The molecule has 1 saturated heterocycles. The second kappa shape index (κ2) is 8.39. The maximum absolute atomic E-state index is 12.5. The molecule has 3 aliphatic rings. The molecule has 3 heterocycles. The first-order chi connectivity index (χ1) is 14.4. The van der Waals surface area contributed by atoms with E-state index in [0.29, 0.717) is 15.7 Å². The summed E-state index contributed by atoms with van der Waals surface area (Å²) in [6.45, 7) is 5.80. The third-order valence-electron chi connectivity index (χ3n) is 5.36. The molecule has 1 amide bonds. The van der Waals surface area contributed by atoms with Gasteiger partial charge in [0.15, 0.2) is 5.49 Å². The lowest BCUT2D eigenvalue weighted by Crippen LogP contribution is -2.47. The molecule has 1 aromatic carbocycles. The number of fused-ring (bicyclic) bond motifs is 1. The first kappa shape index (κ1) is 20.3. The fourth-order valence-electron chi connectivity index (χ4n) is 3.57. The average molecular weight is 424 g/mol. The lowest BCUT2D eigenvalue weighted by molar-refractivity contribution is -0.125. The Morgan fingerprint density at radius 3 is 2.57 bits per heavy atom. The molecular formula is C22H25N5O2S. The smallest absolute Gasteiger partial charge is 0.283 e. The highest BCUT2D eigenvalue weighted by atomic mass is 32.1. The van der Waals surface area contributed by atoms with Gasteiger partial charge in [0.1, 0.15) is 4.66 Å². The number of hydrogen-bond acceptors (Lipinski definition) is 5. The summed E-state index contributed by atoms with van der Waals surface area (Å²) in [5, 5.41) is 12.1. The molecule has 0 radical (unpaired) electrons. The van der Waals surface area contributed by atoms with Crippen molar-refractivity contribution in [3.05, 3.63) is 61.1 Å². The van der Waals surface area contributed by atoms with E-state index in [-0.39, 0.29) is 16.6 Å². The van der Waals surface area contributed by atoms with Crippen LogP contribution in [0, 0.1) is 5.41 Å². The minimum atomic E-state index is -0.447.